The molecule has 1 N–H and O–H groups in total. The molecule has 5 heteroatoms. The Balaban J connectivity index is 2.31. The van der Waals surface area contributed by atoms with Crippen LogP contribution in [0.3, 0.4) is 0 Å². The number of halogens is 3. The minimum absolute atomic E-state index is 0.0974. The van der Waals surface area contributed by atoms with Crippen LogP contribution >= 0.6 is 0 Å². The number of likely N-dealkylation sites (N-methyl/N-ethyl adjacent to an activating group) is 1. The summed E-state index contributed by atoms with van der Waals surface area (Å²) in [6.45, 7) is 3.87. The molecule has 14 heavy (non-hydrogen) atoms. The van der Waals surface area contributed by atoms with Crippen molar-refractivity contribution in [1.82, 2.24) is 10.2 Å². The van der Waals surface area contributed by atoms with Crippen molar-refractivity contribution in [1.29, 1.82) is 0 Å². The number of alkyl halides is 3. The van der Waals surface area contributed by atoms with Crippen molar-refractivity contribution in [3.63, 3.8) is 0 Å². The Labute approximate surface area is 82.5 Å². The molecule has 0 aromatic rings. The number of rotatable bonds is 3. The molecule has 1 rings (SSSR count). The summed E-state index contributed by atoms with van der Waals surface area (Å²) in [4.78, 5) is 1.80. The average Bonchev–Trinajstić information content (AvgIpc) is 2.46. The largest absolute Gasteiger partial charge is 0.390 e. The molecule has 0 radical (unpaired) electrons. The van der Waals surface area contributed by atoms with E-state index in [0.29, 0.717) is 5.92 Å². The molecule has 84 valence electrons. The number of hydrogen-bond acceptors (Lipinski definition) is 2. The van der Waals surface area contributed by atoms with Gasteiger partial charge in [-0.15, -0.1) is 0 Å². The molecule has 0 saturated carbocycles. The van der Waals surface area contributed by atoms with E-state index < -0.39 is 12.6 Å². The molecule has 0 aliphatic carbocycles. The lowest BCUT2D eigenvalue weighted by atomic mass is 10.1. The highest BCUT2D eigenvalue weighted by Crippen LogP contribution is 2.21. The third kappa shape index (κ3) is 3.46. The summed E-state index contributed by atoms with van der Waals surface area (Å²) in [6.07, 6.45) is -4.75. The van der Waals surface area contributed by atoms with Crippen molar-refractivity contribution in [2.24, 2.45) is 5.92 Å². The van der Waals surface area contributed by atoms with E-state index in [4.69, 9.17) is 0 Å². The molecule has 1 heterocycles. The molecular formula is C9H17F3N2. The molecule has 2 nitrogen and oxygen atoms in total. The fourth-order valence-electron chi connectivity index (χ4n) is 1.86. The summed E-state index contributed by atoms with van der Waals surface area (Å²) < 4.78 is 35.9. The fraction of sp³-hybridized carbons (Fsp3) is 1.00. The van der Waals surface area contributed by atoms with E-state index in [1.165, 1.54) is 0 Å². The molecule has 2 unspecified atom stereocenters. The van der Waals surface area contributed by atoms with Crippen LogP contribution < -0.4 is 5.32 Å². The second-order valence-corrected chi connectivity index (χ2v) is 4.05. The molecule has 1 aliphatic rings. The van der Waals surface area contributed by atoms with Crippen LogP contribution in [0.2, 0.25) is 0 Å². The smallest absolute Gasteiger partial charge is 0.315 e. The molecular weight excluding hydrogens is 193 g/mol. The van der Waals surface area contributed by atoms with Gasteiger partial charge >= 0.3 is 6.18 Å². The first-order chi connectivity index (χ1) is 6.40. The minimum atomic E-state index is -4.04. The van der Waals surface area contributed by atoms with Gasteiger partial charge in [-0.3, -0.25) is 0 Å². The van der Waals surface area contributed by atoms with Crippen molar-refractivity contribution in [3.8, 4) is 0 Å². The van der Waals surface area contributed by atoms with Crippen LogP contribution in [0.1, 0.15) is 13.3 Å². The van der Waals surface area contributed by atoms with Gasteiger partial charge in [0, 0.05) is 19.1 Å². The Morgan fingerprint density at radius 2 is 2.00 bits per heavy atom. The van der Waals surface area contributed by atoms with E-state index in [1.54, 1.807) is 11.9 Å². The van der Waals surface area contributed by atoms with Crippen LogP contribution in [0.5, 0.6) is 0 Å². The van der Waals surface area contributed by atoms with Crippen molar-refractivity contribution < 1.29 is 13.2 Å². The molecule has 0 aromatic carbocycles. The Morgan fingerprint density at radius 3 is 2.43 bits per heavy atom. The lowest BCUT2D eigenvalue weighted by molar-refractivity contribution is -0.138. The monoisotopic (exact) mass is 210 g/mol. The maximum atomic E-state index is 12.0. The maximum absolute atomic E-state index is 12.0. The molecule has 1 saturated heterocycles. The predicted molar refractivity (Wildman–Crippen MR) is 49.1 cm³/mol. The summed E-state index contributed by atoms with van der Waals surface area (Å²) in [7, 11) is 1.76. The lowest BCUT2D eigenvalue weighted by Gasteiger charge is -2.27. The summed E-state index contributed by atoms with van der Waals surface area (Å²) in [5, 5.41) is 3.18. The molecule has 0 bridgehead atoms. The van der Waals surface area contributed by atoms with Crippen molar-refractivity contribution >= 4 is 0 Å². The second-order valence-electron chi connectivity index (χ2n) is 4.05. The standard InChI is InChI=1S/C9H17F3N2/c1-7-5-13-6-8(7)14(2)4-3-9(10,11)12/h7-8,13H,3-6H2,1-2H3. The highest BCUT2D eigenvalue weighted by molar-refractivity contribution is 4.84. The van der Waals surface area contributed by atoms with Crippen molar-refractivity contribution in [2.45, 2.75) is 25.6 Å². The van der Waals surface area contributed by atoms with E-state index in [1.807, 2.05) is 0 Å². The first-order valence-electron chi connectivity index (χ1n) is 4.88. The van der Waals surface area contributed by atoms with E-state index in [0.717, 1.165) is 13.1 Å². The first-order valence-corrected chi connectivity index (χ1v) is 4.88. The summed E-state index contributed by atoms with van der Waals surface area (Å²) in [5.74, 6) is 0.438. The molecule has 1 fully saturated rings. The van der Waals surface area contributed by atoms with Gasteiger partial charge in [0.2, 0.25) is 0 Å². The Bertz CT molecular complexity index is 181. The van der Waals surface area contributed by atoms with Gasteiger partial charge in [0.25, 0.3) is 0 Å². The molecule has 2 atom stereocenters. The highest BCUT2D eigenvalue weighted by Gasteiger charge is 2.31. The second kappa shape index (κ2) is 4.49. The summed E-state index contributed by atoms with van der Waals surface area (Å²) >= 11 is 0. The van der Waals surface area contributed by atoms with E-state index in [-0.39, 0.29) is 12.6 Å². The quantitative estimate of drug-likeness (QED) is 0.759. The third-order valence-corrected chi connectivity index (χ3v) is 2.79. The van der Waals surface area contributed by atoms with Gasteiger partial charge in [0.15, 0.2) is 0 Å². The van der Waals surface area contributed by atoms with Gasteiger partial charge in [-0.1, -0.05) is 6.92 Å². The van der Waals surface area contributed by atoms with Crippen molar-refractivity contribution in [3.05, 3.63) is 0 Å². The number of hydrogen-bond donors (Lipinski definition) is 1. The van der Waals surface area contributed by atoms with Crippen LogP contribution in [-0.4, -0.2) is 43.8 Å². The van der Waals surface area contributed by atoms with E-state index >= 15 is 0 Å². The molecule has 0 amide bonds. The van der Waals surface area contributed by atoms with Crippen LogP contribution in [0.15, 0.2) is 0 Å². The van der Waals surface area contributed by atoms with Crippen LogP contribution in [0.4, 0.5) is 13.2 Å². The molecule has 0 spiro atoms. The minimum Gasteiger partial charge on any atom is -0.315 e. The van der Waals surface area contributed by atoms with Gasteiger partial charge in [-0.2, -0.15) is 13.2 Å². The zero-order valence-corrected chi connectivity index (χ0v) is 8.56. The van der Waals surface area contributed by atoms with Crippen LogP contribution in [0, 0.1) is 5.92 Å². The number of nitrogens with one attached hydrogen (secondary N) is 1. The zero-order chi connectivity index (χ0) is 10.8. The lowest BCUT2D eigenvalue weighted by Crippen LogP contribution is -2.38. The summed E-state index contributed by atoms with van der Waals surface area (Å²) in [6, 6.07) is 0.248. The highest BCUT2D eigenvalue weighted by atomic mass is 19.4. The normalized spacial score (nSPS) is 28.7. The zero-order valence-electron chi connectivity index (χ0n) is 8.56. The van der Waals surface area contributed by atoms with Crippen LogP contribution in [0.25, 0.3) is 0 Å². The van der Waals surface area contributed by atoms with Gasteiger partial charge in [-0.25, -0.2) is 0 Å². The summed E-state index contributed by atoms with van der Waals surface area (Å²) in [5.41, 5.74) is 0. The third-order valence-electron chi connectivity index (χ3n) is 2.79. The Kier molecular flexibility index (Phi) is 3.78. The predicted octanol–water partition coefficient (Wildman–Crippen LogP) is 1.48. The maximum Gasteiger partial charge on any atom is 0.390 e. The molecule has 0 aromatic heterocycles. The van der Waals surface area contributed by atoms with E-state index in [9.17, 15) is 13.2 Å². The van der Waals surface area contributed by atoms with Gasteiger partial charge in [0.1, 0.15) is 0 Å². The Morgan fingerprint density at radius 1 is 1.36 bits per heavy atom. The SMILES string of the molecule is CC1CNCC1N(C)CCC(F)(F)F. The van der Waals surface area contributed by atoms with E-state index in [2.05, 4.69) is 12.2 Å². The van der Waals surface area contributed by atoms with Gasteiger partial charge in [-0.05, 0) is 19.5 Å². The fourth-order valence-corrected chi connectivity index (χ4v) is 1.86. The van der Waals surface area contributed by atoms with Crippen LogP contribution in [-0.2, 0) is 0 Å². The number of nitrogens with zero attached hydrogens (tertiary/aromatic N) is 1. The van der Waals surface area contributed by atoms with Gasteiger partial charge in [0.05, 0.1) is 6.42 Å². The molecule has 1 aliphatic heterocycles. The Hall–Kier alpha value is -0.290. The van der Waals surface area contributed by atoms with Gasteiger partial charge < -0.3 is 10.2 Å². The topological polar surface area (TPSA) is 15.3 Å². The van der Waals surface area contributed by atoms with Crippen molar-refractivity contribution in [2.75, 3.05) is 26.7 Å². The first kappa shape index (κ1) is 11.8. The average molecular weight is 210 g/mol.